The lowest BCUT2D eigenvalue weighted by Crippen LogP contribution is -2.46. The first-order valence-electron chi connectivity index (χ1n) is 11.0. The van der Waals surface area contributed by atoms with Gasteiger partial charge in [0.2, 0.25) is 5.91 Å². The molecular weight excluding hydrogens is 415 g/mol. The van der Waals surface area contributed by atoms with Crippen LogP contribution in [0.1, 0.15) is 61.3 Å². The smallest absolute Gasteiger partial charge is 0.230 e. The highest BCUT2D eigenvalue weighted by Crippen LogP contribution is 2.38. The Morgan fingerprint density at radius 1 is 1.07 bits per heavy atom. The first-order valence-corrected chi connectivity index (χ1v) is 11.8. The van der Waals surface area contributed by atoms with E-state index in [1.807, 2.05) is 31.0 Å². The summed E-state index contributed by atoms with van der Waals surface area (Å²) >= 11 is 12.3. The van der Waals surface area contributed by atoms with E-state index in [1.165, 1.54) is 30.4 Å². The minimum absolute atomic E-state index is 0.0690. The molecule has 1 amide bonds. The van der Waals surface area contributed by atoms with E-state index in [1.54, 1.807) is 6.07 Å². The lowest BCUT2D eigenvalue weighted by molar-refractivity contribution is -0.134. The second-order valence-corrected chi connectivity index (χ2v) is 9.51. The molecule has 3 unspecified atom stereocenters. The van der Waals surface area contributed by atoms with E-state index < -0.39 is 0 Å². The zero-order valence-corrected chi connectivity index (χ0v) is 19.3. The number of benzene rings is 2. The number of hydrogen-bond acceptors (Lipinski definition) is 2. The fourth-order valence-electron chi connectivity index (χ4n) is 5.21. The molecule has 4 rings (SSSR count). The van der Waals surface area contributed by atoms with Crippen molar-refractivity contribution in [1.82, 2.24) is 9.80 Å². The Morgan fingerprint density at radius 2 is 1.80 bits per heavy atom. The van der Waals surface area contributed by atoms with Crippen molar-refractivity contribution in [2.24, 2.45) is 0 Å². The monoisotopic (exact) mass is 444 g/mol. The Balaban J connectivity index is 1.67. The molecule has 2 aromatic rings. The summed E-state index contributed by atoms with van der Waals surface area (Å²) in [6.07, 6.45) is 5.88. The minimum atomic E-state index is -0.278. The summed E-state index contributed by atoms with van der Waals surface area (Å²) in [4.78, 5) is 18.3. The zero-order valence-electron chi connectivity index (χ0n) is 17.8. The van der Waals surface area contributed by atoms with Gasteiger partial charge in [-0.25, -0.2) is 0 Å². The fraction of sp³-hybridized carbons (Fsp3) is 0.480. The number of carbonyl (C=O) groups is 1. The molecule has 3 atom stereocenters. The largest absolute Gasteiger partial charge is 0.337 e. The second kappa shape index (κ2) is 9.30. The van der Waals surface area contributed by atoms with E-state index >= 15 is 0 Å². The number of aryl methyl sites for hydroxylation is 1. The van der Waals surface area contributed by atoms with Gasteiger partial charge < -0.3 is 4.90 Å². The number of likely N-dealkylation sites (N-methyl/N-ethyl adjacent to an activating group) is 1. The zero-order chi connectivity index (χ0) is 21.3. The van der Waals surface area contributed by atoms with Crippen LogP contribution >= 0.6 is 23.2 Å². The molecule has 2 aliphatic rings. The lowest BCUT2D eigenvalue weighted by Gasteiger charge is -2.40. The molecule has 0 aromatic heterocycles. The van der Waals surface area contributed by atoms with Crippen molar-refractivity contribution in [3.63, 3.8) is 0 Å². The maximum atomic E-state index is 13.7. The van der Waals surface area contributed by atoms with Crippen LogP contribution in [0, 0.1) is 0 Å². The first kappa shape index (κ1) is 21.7. The van der Waals surface area contributed by atoms with Crippen molar-refractivity contribution in [1.29, 1.82) is 0 Å². The van der Waals surface area contributed by atoms with Crippen molar-refractivity contribution < 1.29 is 4.79 Å². The number of halogens is 2. The third-order valence-electron chi connectivity index (χ3n) is 6.87. The van der Waals surface area contributed by atoms with E-state index in [0.29, 0.717) is 16.1 Å². The average Bonchev–Trinajstić information content (AvgIpc) is 3.22. The lowest BCUT2D eigenvalue weighted by atomic mass is 9.92. The maximum Gasteiger partial charge on any atom is 0.230 e. The average molecular weight is 445 g/mol. The molecule has 2 aromatic carbocycles. The molecule has 1 aliphatic heterocycles. The van der Waals surface area contributed by atoms with Crippen molar-refractivity contribution in [3.8, 4) is 0 Å². The SMILES string of the molecule is CC(C(=O)N(C)C1c2ccccc2CCCC1N1CCCC1)c1ccc(Cl)c(Cl)c1. The Bertz CT molecular complexity index is 910. The van der Waals surface area contributed by atoms with Gasteiger partial charge in [0.25, 0.3) is 0 Å². The van der Waals surface area contributed by atoms with Gasteiger partial charge in [0.15, 0.2) is 0 Å². The van der Waals surface area contributed by atoms with Gasteiger partial charge in [-0.3, -0.25) is 9.69 Å². The van der Waals surface area contributed by atoms with Crippen LogP contribution in [-0.4, -0.2) is 41.9 Å². The molecule has 1 saturated heterocycles. The van der Waals surface area contributed by atoms with E-state index in [4.69, 9.17) is 23.2 Å². The van der Waals surface area contributed by atoms with Gasteiger partial charge in [0.05, 0.1) is 22.0 Å². The highest BCUT2D eigenvalue weighted by molar-refractivity contribution is 6.42. The minimum Gasteiger partial charge on any atom is -0.337 e. The summed E-state index contributed by atoms with van der Waals surface area (Å²) < 4.78 is 0. The summed E-state index contributed by atoms with van der Waals surface area (Å²) in [5.74, 6) is -0.154. The standard InChI is InChI=1S/C25H30Cl2N2O/c1-17(19-12-13-21(26)22(27)16-19)25(30)28(2)24-20-10-4-3-8-18(20)9-7-11-23(24)29-14-5-6-15-29/h3-4,8,10,12-13,16-17,23-24H,5-7,9,11,14-15H2,1-2H3. The summed E-state index contributed by atoms with van der Waals surface area (Å²) in [5, 5.41) is 1.01. The van der Waals surface area contributed by atoms with Crippen LogP contribution in [0.3, 0.4) is 0 Å². The van der Waals surface area contributed by atoms with Gasteiger partial charge in [-0.15, -0.1) is 0 Å². The van der Waals surface area contributed by atoms with Gasteiger partial charge in [-0.05, 0) is 80.9 Å². The van der Waals surface area contributed by atoms with Gasteiger partial charge in [0.1, 0.15) is 0 Å². The van der Waals surface area contributed by atoms with Crippen LogP contribution in [-0.2, 0) is 11.2 Å². The van der Waals surface area contributed by atoms with Crippen LogP contribution in [0.4, 0.5) is 0 Å². The molecule has 30 heavy (non-hydrogen) atoms. The molecular formula is C25H30Cl2N2O. The summed E-state index contributed by atoms with van der Waals surface area (Å²) in [6.45, 7) is 4.23. The molecule has 160 valence electrons. The molecule has 1 heterocycles. The Labute approximate surface area is 190 Å². The van der Waals surface area contributed by atoms with Crippen LogP contribution in [0.25, 0.3) is 0 Å². The summed E-state index contributed by atoms with van der Waals surface area (Å²) in [7, 11) is 1.98. The fourth-order valence-corrected chi connectivity index (χ4v) is 5.51. The highest BCUT2D eigenvalue weighted by atomic mass is 35.5. The molecule has 0 spiro atoms. The van der Waals surface area contributed by atoms with Gasteiger partial charge in [-0.2, -0.15) is 0 Å². The molecule has 1 aliphatic carbocycles. The van der Waals surface area contributed by atoms with Crippen LogP contribution in [0.5, 0.6) is 0 Å². The number of likely N-dealkylation sites (tertiary alicyclic amines) is 1. The first-order chi connectivity index (χ1) is 14.5. The van der Waals surface area contributed by atoms with Crippen LogP contribution in [0.15, 0.2) is 42.5 Å². The molecule has 0 saturated carbocycles. The summed E-state index contributed by atoms with van der Waals surface area (Å²) in [6, 6.07) is 14.6. The number of carbonyl (C=O) groups excluding carboxylic acids is 1. The predicted octanol–water partition coefficient (Wildman–Crippen LogP) is 6.10. The van der Waals surface area contributed by atoms with Crippen molar-refractivity contribution in [2.45, 2.75) is 57.0 Å². The number of fused-ring (bicyclic) bond motifs is 1. The van der Waals surface area contributed by atoms with Gasteiger partial charge >= 0.3 is 0 Å². The van der Waals surface area contributed by atoms with Crippen molar-refractivity contribution in [3.05, 3.63) is 69.2 Å². The quantitative estimate of drug-likeness (QED) is 0.531. The van der Waals surface area contributed by atoms with E-state index in [9.17, 15) is 4.79 Å². The third-order valence-corrected chi connectivity index (χ3v) is 7.61. The topological polar surface area (TPSA) is 23.6 Å². The van der Waals surface area contributed by atoms with Crippen molar-refractivity contribution >= 4 is 29.1 Å². The number of amides is 1. The van der Waals surface area contributed by atoms with Gasteiger partial charge in [0, 0.05) is 13.1 Å². The Hall–Kier alpha value is -1.55. The molecule has 0 bridgehead atoms. The second-order valence-electron chi connectivity index (χ2n) is 8.69. The molecule has 1 fully saturated rings. The Morgan fingerprint density at radius 3 is 2.53 bits per heavy atom. The normalized spacial score (nSPS) is 22.9. The van der Waals surface area contributed by atoms with Crippen LogP contribution < -0.4 is 0 Å². The maximum absolute atomic E-state index is 13.7. The highest BCUT2D eigenvalue weighted by Gasteiger charge is 2.38. The summed E-state index contributed by atoms with van der Waals surface area (Å²) in [5.41, 5.74) is 3.59. The predicted molar refractivity (Wildman–Crippen MR) is 124 cm³/mol. The molecule has 0 N–H and O–H groups in total. The van der Waals surface area contributed by atoms with Gasteiger partial charge in [-0.1, -0.05) is 53.5 Å². The van der Waals surface area contributed by atoms with E-state index in [-0.39, 0.29) is 17.9 Å². The molecule has 3 nitrogen and oxygen atoms in total. The number of rotatable bonds is 4. The van der Waals surface area contributed by atoms with Crippen LogP contribution in [0.2, 0.25) is 10.0 Å². The molecule has 0 radical (unpaired) electrons. The number of nitrogens with zero attached hydrogens (tertiary/aromatic N) is 2. The molecule has 5 heteroatoms. The third kappa shape index (κ3) is 4.26. The van der Waals surface area contributed by atoms with Crippen molar-refractivity contribution in [2.75, 3.05) is 20.1 Å². The van der Waals surface area contributed by atoms with E-state index in [0.717, 1.165) is 31.5 Å². The number of hydrogen-bond donors (Lipinski definition) is 0. The Kier molecular flexibility index (Phi) is 6.72. The van der Waals surface area contributed by atoms with E-state index in [2.05, 4.69) is 29.2 Å².